The van der Waals surface area contributed by atoms with Crippen molar-refractivity contribution >= 4 is 0 Å². The van der Waals surface area contributed by atoms with Gasteiger partial charge in [-0.05, 0) is 37.4 Å². The van der Waals surface area contributed by atoms with E-state index in [2.05, 4.69) is 24.1 Å². The predicted octanol–water partition coefficient (Wildman–Crippen LogP) is 2.18. The van der Waals surface area contributed by atoms with E-state index in [1.165, 1.54) is 24.8 Å². The summed E-state index contributed by atoms with van der Waals surface area (Å²) in [6.07, 6.45) is 4.10. The van der Waals surface area contributed by atoms with Crippen molar-refractivity contribution in [1.29, 1.82) is 0 Å². The molecule has 1 aliphatic heterocycles. The minimum atomic E-state index is 0.117. The van der Waals surface area contributed by atoms with Gasteiger partial charge in [-0.1, -0.05) is 24.3 Å². The molecule has 0 aromatic heterocycles. The van der Waals surface area contributed by atoms with Crippen molar-refractivity contribution in [3.63, 3.8) is 0 Å². The van der Waals surface area contributed by atoms with E-state index in [9.17, 15) is 0 Å². The zero-order chi connectivity index (χ0) is 12.8. The highest BCUT2D eigenvalue weighted by molar-refractivity contribution is 5.21. The van der Waals surface area contributed by atoms with Gasteiger partial charge in [-0.25, -0.2) is 0 Å². The summed E-state index contributed by atoms with van der Waals surface area (Å²) >= 11 is 0. The van der Waals surface area contributed by atoms with Crippen LogP contribution in [0, 0.1) is 0 Å². The minimum Gasteiger partial charge on any atom is -0.392 e. The number of ether oxygens (including phenoxy) is 1. The first kappa shape index (κ1) is 13.5. The molecule has 1 saturated heterocycles. The van der Waals surface area contributed by atoms with Crippen LogP contribution in [0.3, 0.4) is 0 Å². The van der Waals surface area contributed by atoms with Gasteiger partial charge in [0.15, 0.2) is 0 Å². The maximum Gasteiger partial charge on any atom is 0.0702 e. The average Bonchev–Trinajstić information content (AvgIpc) is 2.40. The van der Waals surface area contributed by atoms with Gasteiger partial charge in [-0.15, -0.1) is 0 Å². The van der Waals surface area contributed by atoms with E-state index in [4.69, 9.17) is 9.84 Å². The fourth-order valence-electron chi connectivity index (χ4n) is 2.43. The van der Waals surface area contributed by atoms with Crippen LogP contribution in [-0.4, -0.2) is 36.3 Å². The van der Waals surface area contributed by atoms with Crippen LogP contribution in [0.15, 0.2) is 24.3 Å². The number of benzene rings is 1. The first-order valence-corrected chi connectivity index (χ1v) is 6.77. The largest absolute Gasteiger partial charge is 0.392 e. The van der Waals surface area contributed by atoms with Crippen LogP contribution >= 0.6 is 0 Å². The number of nitrogens with zero attached hydrogens (tertiary/aromatic N) is 1. The zero-order valence-corrected chi connectivity index (χ0v) is 11.1. The van der Waals surface area contributed by atoms with Gasteiger partial charge in [0.05, 0.1) is 12.7 Å². The zero-order valence-electron chi connectivity index (χ0n) is 11.1. The molecule has 0 radical (unpaired) electrons. The standard InChI is InChI=1S/C15H23NO2/c1-16(11-15-4-2-3-9-18-15)10-13-5-7-14(12-17)8-6-13/h5-8,15,17H,2-4,9-12H2,1H3. The topological polar surface area (TPSA) is 32.7 Å². The van der Waals surface area contributed by atoms with Gasteiger partial charge in [0, 0.05) is 19.7 Å². The lowest BCUT2D eigenvalue weighted by atomic mass is 10.1. The molecule has 100 valence electrons. The molecule has 0 spiro atoms. The Bertz CT molecular complexity index is 344. The Morgan fingerprint density at radius 3 is 2.56 bits per heavy atom. The molecule has 3 heteroatoms. The van der Waals surface area contributed by atoms with Crippen molar-refractivity contribution in [3.8, 4) is 0 Å². The smallest absolute Gasteiger partial charge is 0.0702 e. The van der Waals surface area contributed by atoms with Gasteiger partial charge >= 0.3 is 0 Å². The Morgan fingerprint density at radius 2 is 1.94 bits per heavy atom. The van der Waals surface area contributed by atoms with Crippen LogP contribution < -0.4 is 0 Å². The van der Waals surface area contributed by atoms with Crippen LogP contribution in [0.25, 0.3) is 0 Å². The molecule has 1 atom stereocenters. The monoisotopic (exact) mass is 249 g/mol. The van der Waals surface area contributed by atoms with E-state index in [1.807, 2.05) is 12.1 Å². The first-order valence-electron chi connectivity index (χ1n) is 6.77. The second-order valence-corrected chi connectivity index (χ2v) is 5.16. The van der Waals surface area contributed by atoms with Crippen molar-refractivity contribution in [2.45, 2.75) is 38.5 Å². The molecule has 0 aliphatic carbocycles. The molecule has 1 fully saturated rings. The Morgan fingerprint density at radius 1 is 1.22 bits per heavy atom. The summed E-state index contributed by atoms with van der Waals surface area (Å²) in [6.45, 7) is 2.98. The SMILES string of the molecule is CN(Cc1ccc(CO)cc1)CC1CCCCO1. The summed E-state index contributed by atoms with van der Waals surface area (Å²) in [5, 5.41) is 9.00. The molecule has 1 N–H and O–H groups in total. The third kappa shape index (κ3) is 4.09. The Balaban J connectivity index is 1.80. The Kier molecular flexibility index (Phi) is 5.17. The molecule has 1 aromatic rings. The van der Waals surface area contributed by atoms with E-state index in [0.29, 0.717) is 6.10 Å². The van der Waals surface area contributed by atoms with Gasteiger partial charge in [0.1, 0.15) is 0 Å². The van der Waals surface area contributed by atoms with Crippen LogP contribution in [0.4, 0.5) is 0 Å². The molecule has 18 heavy (non-hydrogen) atoms. The molecule has 1 unspecified atom stereocenters. The van der Waals surface area contributed by atoms with Gasteiger partial charge in [0.25, 0.3) is 0 Å². The summed E-state index contributed by atoms with van der Waals surface area (Å²) in [4.78, 5) is 2.31. The van der Waals surface area contributed by atoms with Gasteiger partial charge in [-0.3, -0.25) is 4.90 Å². The molecule has 1 aliphatic rings. The quantitative estimate of drug-likeness (QED) is 0.868. The Hall–Kier alpha value is -0.900. The summed E-state index contributed by atoms with van der Waals surface area (Å²) in [5.41, 5.74) is 2.25. The van der Waals surface area contributed by atoms with Crippen molar-refractivity contribution in [3.05, 3.63) is 35.4 Å². The molecule has 2 rings (SSSR count). The molecular weight excluding hydrogens is 226 g/mol. The van der Waals surface area contributed by atoms with Crippen LogP contribution in [0.2, 0.25) is 0 Å². The van der Waals surface area contributed by atoms with E-state index >= 15 is 0 Å². The minimum absolute atomic E-state index is 0.117. The molecular formula is C15H23NO2. The second-order valence-electron chi connectivity index (χ2n) is 5.16. The molecule has 0 bridgehead atoms. The lowest BCUT2D eigenvalue weighted by Crippen LogP contribution is -2.33. The van der Waals surface area contributed by atoms with Crippen LogP contribution in [0.5, 0.6) is 0 Å². The maximum atomic E-state index is 9.00. The van der Waals surface area contributed by atoms with Crippen molar-refractivity contribution < 1.29 is 9.84 Å². The fraction of sp³-hybridized carbons (Fsp3) is 0.600. The molecule has 0 amide bonds. The van der Waals surface area contributed by atoms with E-state index in [-0.39, 0.29) is 6.61 Å². The average molecular weight is 249 g/mol. The van der Waals surface area contributed by atoms with Gasteiger partial charge in [-0.2, -0.15) is 0 Å². The summed E-state index contributed by atoms with van der Waals surface area (Å²) < 4.78 is 5.75. The highest BCUT2D eigenvalue weighted by atomic mass is 16.5. The number of aliphatic hydroxyl groups is 1. The third-order valence-electron chi connectivity index (χ3n) is 3.45. The maximum absolute atomic E-state index is 9.00. The number of hydrogen-bond donors (Lipinski definition) is 1. The number of rotatable bonds is 5. The normalized spacial score (nSPS) is 20.3. The van der Waals surface area contributed by atoms with Gasteiger partial charge in [0.2, 0.25) is 0 Å². The third-order valence-corrected chi connectivity index (χ3v) is 3.45. The van der Waals surface area contributed by atoms with Crippen LogP contribution in [-0.2, 0) is 17.9 Å². The predicted molar refractivity (Wildman–Crippen MR) is 72.3 cm³/mol. The van der Waals surface area contributed by atoms with Crippen molar-refractivity contribution in [2.75, 3.05) is 20.2 Å². The highest BCUT2D eigenvalue weighted by Gasteiger charge is 2.15. The molecule has 0 saturated carbocycles. The number of aliphatic hydroxyl groups excluding tert-OH is 1. The summed E-state index contributed by atoms with van der Waals surface area (Å²) in [5.74, 6) is 0. The summed E-state index contributed by atoms with van der Waals surface area (Å²) in [7, 11) is 2.14. The van der Waals surface area contributed by atoms with Crippen molar-refractivity contribution in [2.24, 2.45) is 0 Å². The number of hydrogen-bond acceptors (Lipinski definition) is 3. The van der Waals surface area contributed by atoms with Gasteiger partial charge < -0.3 is 9.84 Å². The lowest BCUT2D eigenvalue weighted by molar-refractivity contribution is -0.00259. The van der Waals surface area contributed by atoms with E-state index in [1.54, 1.807) is 0 Å². The lowest BCUT2D eigenvalue weighted by Gasteiger charge is -2.27. The van der Waals surface area contributed by atoms with E-state index in [0.717, 1.165) is 25.3 Å². The molecule has 1 heterocycles. The van der Waals surface area contributed by atoms with Crippen molar-refractivity contribution in [1.82, 2.24) is 4.90 Å². The highest BCUT2D eigenvalue weighted by Crippen LogP contribution is 2.14. The Labute approximate surface area is 109 Å². The number of likely N-dealkylation sites (N-methyl/N-ethyl adjacent to an activating group) is 1. The summed E-state index contributed by atoms with van der Waals surface area (Å²) in [6, 6.07) is 8.15. The molecule has 3 nitrogen and oxygen atoms in total. The fourth-order valence-corrected chi connectivity index (χ4v) is 2.43. The molecule has 1 aromatic carbocycles. The van der Waals surface area contributed by atoms with E-state index < -0.39 is 0 Å². The van der Waals surface area contributed by atoms with Crippen LogP contribution in [0.1, 0.15) is 30.4 Å². The first-order chi connectivity index (χ1) is 8.78. The second kappa shape index (κ2) is 6.88.